The van der Waals surface area contributed by atoms with E-state index >= 15 is 0 Å². The summed E-state index contributed by atoms with van der Waals surface area (Å²) in [4.78, 5) is 19.4. The first-order valence-electron chi connectivity index (χ1n) is 10.7. The second-order valence-corrected chi connectivity index (χ2v) is 10.7. The quantitative estimate of drug-likeness (QED) is 0.390. The topological polar surface area (TPSA) is 53.9 Å². The number of alkyl halides is 3. The second kappa shape index (κ2) is 8.74. The van der Waals surface area contributed by atoms with Crippen LogP contribution in [0.1, 0.15) is 39.0 Å². The number of nitrogens with one attached hydrogen (secondary N) is 1. The number of aryl methyl sites for hydroxylation is 1. The van der Waals surface area contributed by atoms with Crippen LogP contribution in [0.5, 0.6) is 0 Å². The molecule has 0 saturated carbocycles. The molecule has 1 N–H and O–H groups in total. The molecule has 2 aromatic rings. The number of amidine groups is 1. The molecule has 1 unspecified atom stereocenters. The third-order valence-corrected chi connectivity index (χ3v) is 8.30. The third kappa shape index (κ3) is 4.23. The molecular formula is C23H19Cl2F4N3O2S. The minimum absolute atomic E-state index is 0.0882. The summed E-state index contributed by atoms with van der Waals surface area (Å²) in [5.41, 5.74) is -0.199. The first kappa shape index (κ1) is 24.5. The monoisotopic (exact) mass is 547 g/mol. The van der Waals surface area contributed by atoms with Crippen molar-refractivity contribution in [3.63, 3.8) is 0 Å². The highest BCUT2D eigenvalue weighted by molar-refractivity contribution is 8.00. The highest BCUT2D eigenvalue weighted by Gasteiger charge is 2.63. The molecule has 3 aliphatic heterocycles. The van der Waals surface area contributed by atoms with Gasteiger partial charge in [0.05, 0.1) is 16.5 Å². The van der Waals surface area contributed by atoms with Gasteiger partial charge in [-0.2, -0.15) is 24.9 Å². The van der Waals surface area contributed by atoms with Crippen molar-refractivity contribution in [1.29, 1.82) is 0 Å². The number of halogens is 6. The fourth-order valence-electron chi connectivity index (χ4n) is 4.43. The Hall–Kier alpha value is -2.17. The van der Waals surface area contributed by atoms with Gasteiger partial charge in [0.25, 0.3) is 11.5 Å². The largest absolute Gasteiger partial charge is 0.435 e. The first-order valence-corrected chi connectivity index (χ1v) is 12.6. The fourth-order valence-corrected chi connectivity index (χ4v) is 5.55. The van der Waals surface area contributed by atoms with Crippen molar-refractivity contribution in [1.82, 2.24) is 10.2 Å². The van der Waals surface area contributed by atoms with Gasteiger partial charge in [-0.25, -0.2) is 4.39 Å². The van der Waals surface area contributed by atoms with E-state index in [9.17, 15) is 22.4 Å². The number of hydrogen-bond acceptors (Lipinski definition) is 5. The van der Waals surface area contributed by atoms with Gasteiger partial charge in [-0.1, -0.05) is 34.4 Å². The van der Waals surface area contributed by atoms with Gasteiger partial charge in [0.2, 0.25) is 0 Å². The number of nitrogens with zero attached hydrogens (tertiary/aromatic N) is 2. The van der Waals surface area contributed by atoms with E-state index in [0.29, 0.717) is 12.1 Å². The molecule has 186 valence electrons. The zero-order valence-electron chi connectivity index (χ0n) is 18.3. The summed E-state index contributed by atoms with van der Waals surface area (Å²) < 4.78 is 56.7. The lowest BCUT2D eigenvalue weighted by molar-refractivity contribution is -0.275. The maximum atomic E-state index is 14.3. The molecule has 3 heterocycles. The highest BCUT2D eigenvalue weighted by Crippen LogP contribution is 2.50. The molecule has 1 fully saturated rings. The zero-order chi connectivity index (χ0) is 25.1. The molecule has 0 aromatic heterocycles. The Kier molecular flexibility index (Phi) is 6.12. The summed E-state index contributed by atoms with van der Waals surface area (Å²) in [6.07, 6.45) is -5.51. The Balaban J connectivity index is 1.38. The van der Waals surface area contributed by atoms with Crippen molar-refractivity contribution in [2.24, 2.45) is 5.16 Å². The predicted octanol–water partition coefficient (Wildman–Crippen LogP) is 5.79. The normalized spacial score (nSPS) is 21.9. The van der Waals surface area contributed by atoms with E-state index in [1.165, 1.54) is 0 Å². The number of carbonyl (C=O) groups is 1. The molecule has 3 aliphatic rings. The molecule has 5 rings (SSSR count). The summed E-state index contributed by atoms with van der Waals surface area (Å²) >= 11 is 13.3. The Labute approximate surface area is 212 Å². The molecule has 0 radical (unpaired) electrons. The molecule has 1 saturated heterocycles. The van der Waals surface area contributed by atoms with Crippen LogP contribution in [0.4, 0.5) is 17.6 Å². The molecule has 2 aromatic carbocycles. The van der Waals surface area contributed by atoms with Crippen LogP contribution in [0, 0.1) is 12.7 Å². The molecule has 5 nitrogen and oxygen atoms in total. The number of benzene rings is 2. The van der Waals surface area contributed by atoms with Crippen molar-refractivity contribution in [2.45, 2.75) is 44.3 Å². The lowest BCUT2D eigenvalue weighted by atomic mass is 9.89. The van der Waals surface area contributed by atoms with Gasteiger partial charge in [-0.05, 0) is 41.8 Å². The van der Waals surface area contributed by atoms with Crippen LogP contribution in [-0.2, 0) is 23.5 Å². The number of amides is 1. The maximum Gasteiger partial charge on any atom is 0.435 e. The highest BCUT2D eigenvalue weighted by atomic mass is 35.5. The summed E-state index contributed by atoms with van der Waals surface area (Å²) in [6.45, 7) is 2.43. The summed E-state index contributed by atoms with van der Waals surface area (Å²) in [6, 6.07) is 5.56. The van der Waals surface area contributed by atoms with Gasteiger partial charge in [0.1, 0.15) is 5.84 Å². The van der Waals surface area contributed by atoms with E-state index < -0.39 is 39.6 Å². The van der Waals surface area contributed by atoms with Gasteiger partial charge in [-0.3, -0.25) is 4.79 Å². The fraction of sp³-hybridized carbons (Fsp3) is 0.391. The van der Waals surface area contributed by atoms with Crippen molar-refractivity contribution >= 4 is 46.7 Å². The Morgan fingerprint density at radius 1 is 1.17 bits per heavy atom. The minimum Gasteiger partial charge on any atom is -0.372 e. The van der Waals surface area contributed by atoms with Gasteiger partial charge in [0.15, 0.2) is 5.82 Å². The van der Waals surface area contributed by atoms with Crippen molar-refractivity contribution in [2.75, 3.05) is 11.5 Å². The number of thioether (sulfide) groups is 1. The Morgan fingerprint density at radius 2 is 1.80 bits per heavy atom. The van der Waals surface area contributed by atoms with Crippen molar-refractivity contribution < 1.29 is 27.2 Å². The van der Waals surface area contributed by atoms with Gasteiger partial charge in [0, 0.05) is 41.8 Å². The van der Waals surface area contributed by atoms with Crippen molar-refractivity contribution in [3.8, 4) is 0 Å². The Morgan fingerprint density at radius 3 is 2.37 bits per heavy atom. The van der Waals surface area contributed by atoms with E-state index in [-0.39, 0.29) is 24.3 Å². The van der Waals surface area contributed by atoms with Crippen LogP contribution in [0.15, 0.2) is 29.4 Å². The molecule has 1 atom stereocenters. The maximum absolute atomic E-state index is 14.3. The first-order chi connectivity index (χ1) is 16.5. The molecule has 1 amide bonds. The smallest absolute Gasteiger partial charge is 0.372 e. The van der Waals surface area contributed by atoms with E-state index in [2.05, 4.69) is 10.5 Å². The summed E-state index contributed by atoms with van der Waals surface area (Å²) in [7, 11) is 0. The molecule has 0 spiro atoms. The van der Waals surface area contributed by atoms with Crippen LogP contribution >= 0.6 is 35.0 Å². The van der Waals surface area contributed by atoms with E-state index in [1.807, 2.05) is 13.0 Å². The average Bonchev–Trinajstić information content (AvgIpc) is 3.38. The van der Waals surface area contributed by atoms with Crippen LogP contribution < -0.4 is 5.32 Å². The molecule has 0 bridgehead atoms. The second-order valence-electron chi connectivity index (χ2n) is 8.85. The number of rotatable bonds is 3. The van der Waals surface area contributed by atoms with E-state index in [0.717, 1.165) is 40.3 Å². The number of hydrogen-bond donors (Lipinski definition) is 1. The SMILES string of the molecule is Cc1cc2c(cc1C(=O)NC1CSC1)CN(C1=NOC(c3cc(Cl)c(F)c(Cl)c3)(C(F)(F)F)C1)C2. The predicted molar refractivity (Wildman–Crippen MR) is 126 cm³/mol. The molecular weight excluding hydrogens is 529 g/mol. The van der Waals surface area contributed by atoms with Crippen LogP contribution in [0.2, 0.25) is 10.0 Å². The standard InChI is InChI=1S/C23H19Cl2F4N3O2S/c1-11-2-12-7-32(8-13(12)3-16(11)21(33)30-15-9-35-10-15)19-6-22(34-31-19,23(27,28)29)14-4-17(24)20(26)18(25)5-14/h2-5,15H,6-10H2,1H3,(H,30,33). The summed E-state index contributed by atoms with van der Waals surface area (Å²) in [5, 5.41) is 5.70. The van der Waals surface area contributed by atoms with E-state index in [4.69, 9.17) is 28.0 Å². The zero-order valence-corrected chi connectivity index (χ0v) is 20.6. The van der Waals surface area contributed by atoms with Gasteiger partial charge in [-0.15, -0.1) is 0 Å². The van der Waals surface area contributed by atoms with E-state index in [1.54, 1.807) is 22.7 Å². The molecule has 12 heteroatoms. The lowest BCUT2D eigenvalue weighted by Gasteiger charge is -2.30. The van der Waals surface area contributed by atoms with Crippen LogP contribution in [0.3, 0.4) is 0 Å². The van der Waals surface area contributed by atoms with Crippen molar-refractivity contribution in [3.05, 3.63) is 67.9 Å². The Bertz CT molecular complexity index is 1230. The molecule has 0 aliphatic carbocycles. The van der Waals surface area contributed by atoms with Crippen LogP contribution in [-0.4, -0.2) is 40.4 Å². The van der Waals surface area contributed by atoms with Gasteiger partial charge >= 0.3 is 6.18 Å². The number of oxime groups is 1. The summed E-state index contributed by atoms with van der Waals surface area (Å²) in [5.74, 6) is 0.695. The average molecular weight is 548 g/mol. The van der Waals surface area contributed by atoms with Gasteiger partial charge < -0.3 is 15.1 Å². The number of fused-ring (bicyclic) bond motifs is 1. The lowest BCUT2D eigenvalue weighted by Crippen LogP contribution is -2.44. The molecule has 35 heavy (non-hydrogen) atoms. The minimum atomic E-state index is -4.88. The van der Waals surface area contributed by atoms with Crippen LogP contribution in [0.25, 0.3) is 0 Å². The number of carbonyl (C=O) groups excluding carboxylic acids is 1. The third-order valence-electron chi connectivity index (χ3n) is 6.47.